The number of hydrogen-bond donors (Lipinski definition) is 2. The molecule has 0 aliphatic carbocycles. The molecule has 0 spiro atoms. The van der Waals surface area contributed by atoms with E-state index in [0.717, 1.165) is 0 Å². The number of nitrogen functional groups attached to an aromatic ring is 1. The topological polar surface area (TPSA) is 125 Å². The summed E-state index contributed by atoms with van der Waals surface area (Å²) in [7, 11) is 0. The second-order valence-corrected chi connectivity index (χ2v) is 3.72. The minimum absolute atomic E-state index is 0.0131. The molecule has 2 aromatic heterocycles. The van der Waals surface area contributed by atoms with E-state index in [-0.39, 0.29) is 37.4 Å². The second-order valence-electron chi connectivity index (χ2n) is 3.72. The van der Waals surface area contributed by atoms with E-state index in [1.54, 1.807) is 0 Å². The van der Waals surface area contributed by atoms with Crippen LogP contribution >= 0.6 is 0 Å². The van der Waals surface area contributed by atoms with Gasteiger partial charge in [-0.2, -0.15) is 4.98 Å². The number of hydrogen-bond acceptors (Lipinski definition) is 7. The van der Waals surface area contributed by atoms with Crippen molar-refractivity contribution >= 4 is 23.1 Å². The monoisotopic (exact) mass is 267 g/mol. The predicted molar refractivity (Wildman–Crippen MR) is 65.1 cm³/mol. The Kier molecular flexibility index (Phi) is 3.76. The van der Waals surface area contributed by atoms with Gasteiger partial charge in [0.15, 0.2) is 11.2 Å². The Morgan fingerprint density at radius 2 is 2.32 bits per heavy atom. The number of nitrogens with two attached hydrogens (primary N) is 1. The number of imidazole rings is 1. The predicted octanol–water partition coefficient (Wildman–Crippen LogP) is -0.761. The lowest BCUT2D eigenvalue weighted by atomic mass is 10.5. The molecule has 0 radical (unpaired) electrons. The molecular weight excluding hydrogens is 254 g/mol. The van der Waals surface area contributed by atoms with Crippen molar-refractivity contribution < 1.29 is 14.3 Å². The molecule has 0 fully saturated rings. The fourth-order valence-electron chi connectivity index (χ4n) is 1.47. The molecule has 19 heavy (non-hydrogen) atoms. The summed E-state index contributed by atoms with van der Waals surface area (Å²) in [6.45, 7) is 1.85. The Balaban J connectivity index is 2.01. The quantitative estimate of drug-likeness (QED) is 0.538. The van der Waals surface area contributed by atoms with E-state index in [1.165, 1.54) is 17.8 Å². The van der Waals surface area contributed by atoms with Crippen LogP contribution in [-0.2, 0) is 21.0 Å². The zero-order chi connectivity index (χ0) is 13.8. The zero-order valence-corrected chi connectivity index (χ0v) is 10.3. The summed E-state index contributed by atoms with van der Waals surface area (Å²) in [6, 6.07) is 0. The number of carbonyl (C=O) groups excluding carboxylic acids is 1. The zero-order valence-electron chi connectivity index (χ0n) is 10.3. The van der Waals surface area contributed by atoms with Crippen molar-refractivity contribution in [3.8, 4) is 0 Å². The highest BCUT2D eigenvalue weighted by molar-refractivity contribution is 5.70. The third kappa shape index (κ3) is 3.07. The van der Waals surface area contributed by atoms with Gasteiger partial charge in [0.2, 0.25) is 5.95 Å². The lowest BCUT2D eigenvalue weighted by molar-refractivity contribution is -0.142. The van der Waals surface area contributed by atoms with Crippen molar-refractivity contribution in [1.82, 2.24) is 19.5 Å². The smallest absolute Gasteiger partial charge is 0.302 e. The van der Waals surface area contributed by atoms with E-state index in [0.29, 0.717) is 5.65 Å². The van der Waals surface area contributed by atoms with Crippen LogP contribution in [0, 0.1) is 0 Å². The molecule has 0 aliphatic rings. The van der Waals surface area contributed by atoms with Crippen LogP contribution in [0.15, 0.2) is 11.1 Å². The average Bonchev–Trinajstić information content (AvgIpc) is 2.72. The lowest BCUT2D eigenvalue weighted by Gasteiger charge is -2.05. The van der Waals surface area contributed by atoms with Gasteiger partial charge in [0, 0.05) is 6.92 Å². The van der Waals surface area contributed by atoms with Gasteiger partial charge < -0.3 is 15.2 Å². The molecule has 0 bridgehead atoms. The minimum Gasteiger partial charge on any atom is -0.463 e. The van der Waals surface area contributed by atoms with Gasteiger partial charge in [-0.25, -0.2) is 4.98 Å². The maximum absolute atomic E-state index is 11.5. The highest BCUT2D eigenvalue weighted by Crippen LogP contribution is 2.06. The number of carbonyl (C=O) groups is 1. The summed E-state index contributed by atoms with van der Waals surface area (Å²) in [5.41, 5.74) is 5.59. The van der Waals surface area contributed by atoms with Crippen molar-refractivity contribution in [3.05, 3.63) is 16.7 Å². The van der Waals surface area contributed by atoms with Gasteiger partial charge in [-0.05, 0) is 0 Å². The number of nitrogens with zero attached hydrogens (tertiary/aromatic N) is 3. The van der Waals surface area contributed by atoms with Gasteiger partial charge >= 0.3 is 5.97 Å². The van der Waals surface area contributed by atoms with E-state index < -0.39 is 5.56 Å². The third-order valence-electron chi connectivity index (χ3n) is 2.26. The Bertz CT molecular complexity index is 647. The number of anilines is 1. The molecule has 0 aliphatic heterocycles. The van der Waals surface area contributed by atoms with Crippen molar-refractivity contribution in [3.63, 3.8) is 0 Å². The van der Waals surface area contributed by atoms with Gasteiger partial charge in [-0.1, -0.05) is 0 Å². The summed E-state index contributed by atoms with van der Waals surface area (Å²) in [4.78, 5) is 32.3. The second kappa shape index (κ2) is 5.48. The van der Waals surface area contributed by atoms with E-state index in [4.69, 9.17) is 15.2 Å². The molecule has 3 N–H and O–H groups in total. The SMILES string of the molecule is CC(=O)OCCOCn1cnc2c(=O)[nH]c(N)nc21. The Hall–Kier alpha value is -2.42. The van der Waals surface area contributed by atoms with Crippen molar-refractivity contribution in [2.75, 3.05) is 18.9 Å². The van der Waals surface area contributed by atoms with Crippen molar-refractivity contribution in [2.24, 2.45) is 0 Å². The van der Waals surface area contributed by atoms with E-state index in [1.807, 2.05) is 0 Å². The summed E-state index contributed by atoms with van der Waals surface area (Å²) >= 11 is 0. The van der Waals surface area contributed by atoms with Crippen molar-refractivity contribution in [2.45, 2.75) is 13.7 Å². The minimum atomic E-state index is -0.402. The van der Waals surface area contributed by atoms with Gasteiger partial charge in [-0.15, -0.1) is 0 Å². The number of nitrogens with one attached hydrogen (secondary N) is 1. The van der Waals surface area contributed by atoms with Crippen LogP contribution in [0.2, 0.25) is 0 Å². The Morgan fingerprint density at radius 3 is 3.05 bits per heavy atom. The molecule has 2 rings (SSSR count). The number of ether oxygens (including phenoxy) is 2. The molecule has 9 nitrogen and oxygen atoms in total. The van der Waals surface area contributed by atoms with Crippen molar-refractivity contribution in [1.29, 1.82) is 0 Å². The van der Waals surface area contributed by atoms with Crippen LogP contribution in [0.1, 0.15) is 6.92 Å². The summed E-state index contributed by atoms with van der Waals surface area (Å²) in [5.74, 6) is -0.350. The van der Waals surface area contributed by atoms with Crippen LogP contribution in [0.5, 0.6) is 0 Å². The van der Waals surface area contributed by atoms with Gasteiger partial charge in [0.25, 0.3) is 5.56 Å². The molecule has 2 aromatic rings. The number of aromatic nitrogens is 4. The number of esters is 1. The normalized spacial score (nSPS) is 10.8. The first-order chi connectivity index (χ1) is 9.08. The highest BCUT2D eigenvalue weighted by atomic mass is 16.6. The lowest BCUT2D eigenvalue weighted by Crippen LogP contribution is -2.13. The number of fused-ring (bicyclic) bond motifs is 1. The van der Waals surface area contributed by atoms with Crippen LogP contribution in [-0.4, -0.2) is 38.7 Å². The van der Waals surface area contributed by atoms with Crippen LogP contribution in [0.4, 0.5) is 5.95 Å². The van der Waals surface area contributed by atoms with Crippen LogP contribution < -0.4 is 11.3 Å². The maximum Gasteiger partial charge on any atom is 0.302 e. The highest BCUT2D eigenvalue weighted by Gasteiger charge is 2.08. The van der Waals surface area contributed by atoms with Crippen LogP contribution in [0.3, 0.4) is 0 Å². The number of H-pyrrole nitrogens is 1. The summed E-state index contributed by atoms with van der Waals surface area (Å²) in [5, 5.41) is 0. The molecule has 2 heterocycles. The molecule has 102 valence electrons. The molecule has 0 saturated carbocycles. The summed E-state index contributed by atoms with van der Waals surface area (Å²) in [6.07, 6.45) is 1.43. The van der Waals surface area contributed by atoms with Gasteiger partial charge in [0.05, 0.1) is 12.9 Å². The van der Waals surface area contributed by atoms with Gasteiger partial charge in [0.1, 0.15) is 13.3 Å². The Labute approximate surface area is 107 Å². The van der Waals surface area contributed by atoms with E-state index in [2.05, 4.69) is 15.0 Å². The largest absolute Gasteiger partial charge is 0.463 e. The molecule has 0 atom stereocenters. The molecule has 0 amide bonds. The fraction of sp³-hybridized carbons (Fsp3) is 0.400. The molecular formula is C10H13N5O4. The first kappa shape index (κ1) is 13.0. The number of aromatic amines is 1. The van der Waals surface area contributed by atoms with Gasteiger partial charge in [-0.3, -0.25) is 19.1 Å². The van der Waals surface area contributed by atoms with E-state index in [9.17, 15) is 9.59 Å². The summed E-state index contributed by atoms with van der Waals surface area (Å²) < 4.78 is 11.5. The standard InChI is InChI=1S/C10H13N5O4/c1-6(16)19-3-2-18-5-15-4-12-7-8(15)13-10(11)14-9(7)17/h4H,2-3,5H2,1H3,(H3,11,13,14,17). The average molecular weight is 267 g/mol. The third-order valence-corrected chi connectivity index (χ3v) is 2.26. The molecule has 9 heteroatoms. The fourth-order valence-corrected chi connectivity index (χ4v) is 1.47. The molecule has 0 unspecified atom stereocenters. The number of rotatable bonds is 5. The first-order valence-electron chi connectivity index (χ1n) is 5.49. The maximum atomic E-state index is 11.5. The first-order valence-corrected chi connectivity index (χ1v) is 5.49. The Morgan fingerprint density at radius 1 is 1.53 bits per heavy atom. The molecule has 0 saturated heterocycles. The van der Waals surface area contributed by atoms with Crippen LogP contribution in [0.25, 0.3) is 11.2 Å². The molecule has 0 aromatic carbocycles. The van der Waals surface area contributed by atoms with E-state index >= 15 is 0 Å².